The van der Waals surface area contributed by atoms with E-state index >= 15 is 0 Å². The maximum atomic E-state index is 12.3. The zero-order chi connectivity index (χ0) is 16.1. The number of hydrogen-bond donors (Lipinski definition) is 0. The fourth-order valence-electron chi connectivity index (χ4n) is 2.84. The fourth-order valence-corrected chi connectivity index (χ4v) is 2.96. The standard InChI is InChI=1S/C18H24ClNO2/c1-3-5-8-17(21)20-11-6-7-13-12-14(9-10-16(13)20)18(22)15(19)4-2/h9-10,12,15H,3-8,11H2,1-2H3. The lowest BCUT2D eigenvalue weighted by Gasteiger charge is -2.30. The molecule has 0 spiro atoms. The van der Waals surface area contributed by atoms with Crippen molar-refractivity contribution in [3.63, 3.8) is 0 Å². The molecule has 1 aliphatic rings. The number of alkyl halides is 1. The number of carbonyl (C=O) groups is 2. The van der Waals surface area contributed by atoms with E-state index in [-0.39, 0.29) is 11.7 Å². The Bertz CT molecular complexity index is 556. The first-order valence-corrected chi connectivity index (χ1v) is 8.63. The topological polar surface area (TPSA) is 37.4 Å². The molecule has 1 heterocycles. The van der Waals surface area contributed by atoms with Gasteiger partial charge in [0.15, 0.2) is 5.78 Å². The second-order valence-electron chi connectivity index (χ2n) is 5.84. The van der Waals surface area contributed by atoms with Crippen molar-refractivity contribution in [1.29, 1.82) is 0 Å². The van der Waals surface area contributed by atoms with Crippen molar-refractivity contribution in [1.82, 2.24) is 0 Å². The number of carbonyl (C=O) groups excluding carboxylic acids is 2. The first-order valence-electron chi connectivity index (χ1n) is 8.20. The van der Waals surface area contributed by atoms with E-state index in [0.717, 1.165) is 43.5 Å². The molecule has 0 aliphatic carbocycles. The molecule has 2 rings (SSSR count). The van der Waals surface area contributed by atoms with E-state index in [0.29, 0.717) is 18.4 Å². The van der Waals surface area contributed by atoms with Crippen molar-refractivity contribution in [2.45, 2.75) is 57.7 Å². The number of benzene rings is 1. The maximum Gasteiger partial charge on any atom is 0.226 e. The van der Waals surface area contributed by atoms with Gasteiger partial charge in [-0.1, -0.05) is 20.3 Å². The summed E-state index contributed by atoms with van der Waals surface area (Å²) < 4.78 is 0. The second kappa shape index (κ2) is 7.77. The Hall–Kier alpha value is -1.35. The van der Waals surface area contributed by atoms with Gasteiger partial charge in [-0.05, 0) is 49.4 Å². The van der Waals surface area contributed by atoms with Crippen molar-refractivity contribution >= 4 is 29.0 Å². The predicted octanol–water partition coefficient (Wildman–Crippen LogP) is 4.36. The number of fused-ring (bicyclic) bond motifs is 1. The highest BCUT2D eigenvalue weighted by atomic mass is 35.5. The summed E-state index contributed by atoms with van der Waals surface area (Å²) in [5.41, 5.74) is 2.71. The number of rotatable bonds is 6. The molecule has 0 bridgehead atoms. The van der Waals surface area contributed by atoms with Crippen LogP contribution in [0.2, 0.25) is 0 Å². The molecule has 1 aromatic rings. The van der Waals surface area contributed by atoms with Crippen LogP contribution in [0.15, 0.2) is 18.2 Å². The molecule has 1 amide bonds. The molecule has 0 aromatic heterocycles. The van der Waals surface area contributed by atoms with Gasteiger partial charge in [0.1, 0.15) is 0 Å². The largest absolute Gasteiger partial charge is 0.312 e. The number of halogens is 1. The molecule has 1 aromatic carbocycles. The van der Waals surface area contributed by atoms with Crippen LogP contribution >= 0.6 is 11.6 Å². The number of unbranched alkanes of at least 4 members (excludes halogenated alkanes) is 1. The van der Waals surface area contributed by atoms with Crippen LogP contribution in [0.3, 0.4) is 0 Å². The molecular formula is C18H24ClNO2. The summed E-state index contributed by atoms with van der Waals surface area (Å²) in [5.74, 6) is 0.159. The number of amides is 1. The van der Waals surface area contributed by atoms with E-state index in [2.05, 4.69) is 6.92 Å². The van der Waals surface area contributed by atoms with Gasteiger partial charge >= 0.3 is 0 Å². The van der Waals surface area contributed by atoms with Gasteiger partial charge < -0.3 is 4.90 Å². The quantitative estimate of drug-likeness (QED) is 0.577. The van der Waals surface area contributed by atoms with Crippen LogP contribution in [0.1, 0.15) is 61.9 Å². The fraction of sp³-hybridized carbons (Fsp3) is 0.556. The zero-order valence-electron chi connectivity index (χ0n) is 13.4. The van der Waals surface area contributed by atoms with Gasteiger partial charge in [0, 0.05) is 24.2 Å². The van der Waals surface area contributed by atoms with Crippen LogP contribution in [-0.2, 0) is 11.2 Å². The Morgan fingerprint density at radius 3 is 2.77 bits per heavy atom. The third kappa shape index (κ3) is 3.70. The first-order chi connectivity index (χ1) is 10.6. The number of Topliss-reactive ketones (excluding diaryl/α,β-unsaturated/α-hetero) is 1. The van der Waals surface area contributed by atoms with E-state index in [1.54, 1.807) is 6.07 Å². The summed E-state index contributed by atoms with van der Waals surface area (Å²) in [4.78, 5) is 26.4. The Morgan fingerprint density at radius 1 is 1.32 bits per heavy atom. The summed E-state index contributed by atoms with van der Waals surface area (Å²) >= 11 is 6.06. The molecule has 0 saturated carbocycles. The molecule has 120 valence electrons. The molecule has 22 heavy (non-hydrogen) atoms. The van der Waals surface area contributed by atoms with Crippen molar-refractivity contribution in [2.75, 3.05) is 11.4 Å². The van der Waals surface area contributed by atoms with Gasteiger partial charge in [-0.15, -0.1) is 11.6 Å². The van der Waals surface area contributed by atoms with Gasteiger partial charge in [0.2, 0.25) is 5.91 Å². The van der Waals surface area contributed by atoms with Crippen molar-refractivity contribution < 1.29 is 9.59 Å². The number of anilines is 1. The minimum Gasteiger partial charge on any atom is -0.312 e. The highest BCUT2D eigenvalue weighted by Crippen LogP contribution is 2.29. The summed E-state index contributed by atoms with van der Waals surface area (Å²) in [6.45, 7) is 4.77. The summed E-state index contributed by atoms with van der Waals surface area (Å²) in [5, 5.41) is -0.469. The van der Waals surface area contributed by atoms with Gasteiger partial charge in [-0.25, -0.2) is 0 Å². The monoisotopic (exact) mass is 321 g/mol. The van der Waals surface area contributed by atoms with Gasteiger partial charge in [-0.2, -0.15) is 0 Å². The lowest BCUT2D eigenvalue weighted by Crippen LogP contribution is -2.35. The minimum atomic E-state index is -0.469. The SMILES string of the molecule is CCCCC(=O)N1CCCc2cc(C(=O)C(Cl)CC)ccc21. The van der Waals surface area contributed by atoms with E-state index in [1.807, 2.05) is 24.0 Å². The lowest BCUT2D eigenvalue weighted by atomic mass is 9.96. The van der Waals surface area contributed by atoms with E-state index in [1.165, 1.54) is 0 Å². The summed E-state index contributed by atoms with van der Waals surface area (Å²) in [6.07, 6.45) is 5.02. The Morgan fingerprint density at radius 2 is 2.09 bits per heavy atom. The smallest absolute Gasteiger partial charge is 0.226 e. The first kappa shape index (κ1) is 17.0. The summed E-state index contributed by atoms with van der Waals surface area (Å²) in [7, 11) is 0. The van der Waals surface area contributed by atoms with E-state index in [4.69, 9.17) is 11.6 Å². The molecule has 0 saturated heterocycles. The zero-order valence-corrected chi connectivity index (χ0v) is 14.2. The highest BCUT2D eigenvalue weighted by Gasteiger charge is 2.24. The Labute approximate surface area is 137 Å². The normalized spacial score (nSPS) is 15.3. The minimum absolute atomic E-state index is 0.0265. The Kier molecular flexibility index (Phi) is 6.01. The van der Waals surface area contributed by atoms with Gasteiger partial charge in [0.25, 0.3) is 0 Å². The number of hydrogen-bond acceptors (Lipinski definition) is 2. The van der Waals surface area contributed by atoms with Gasteiger partial charge in [0.05, 0.1) is 5.38 Å². The predicted molar refractivity (Wildman–Crippen MR) is 90.9 cm³/mol. The highest BCUT2D eigenvalue weighted by molar-refractivity contribution is 6.33. The molecular weight excluding hydrogens is 298 g/mol. The molecule has 3 nitrogen and oxygen atoms in total. The third-order valence-electron chi connectivity index (χ3n) is 4.17. The van der Waals surface area contributed by atoms with Crippen LogP contribution in [0.25, 0.3) is 0 Å². The van der Waals surface area contributed by atoms with Crippen LogP contribution in [0.4, 0.5) is 5.69 Å². The third-order valence-corrected chi connectivity index (χ3v) is 4.68. The maximum absolute atomic E-state index is 12.3. The molecule has 1 aliphatic heterocycles. The average Bonchev–Trinajstić information content (AvgIpc) is 2.57. The molecule has 0 radical (unpaired) electrons. The van der Waals surface area contributed by atoms with Crippen molar-refractivity contribution in [3.05, 3.63) is 29.3 Å². The van der Waals surface area contributed by atoms with Crippen LogP contribution < -0.4 is 4.90 Å². The van der Waals surface area contributed by atoms with E-state index < -0.39 is 5.38 Å². The lowest BCUT2D eigenvalue weighted by molar-refractivity contribution is -0.118. The molecule has 4 heteroatoms. The molecule has 0 N–H and O–H groups in total. The molecule has 0 fully saturated rings. The number of ketones is 1. The van der Waals surface area contributed by atoms with Gasteiger partial charge in [-0.3, -0.25) is 9.59 Å². The number of aryl methyl sites for hydroxylation is 1. The van der Waals surface area contributed by atoms with E-state index in [9.17, 15) is 9.59 Å². The van der Waals surface area contributed by atoms with Crippen LogP contribution in [0.5, 0.6) is 0 Å². The average molecular weight is 322 g/mol. The second-order valence-corrected chi connectivity index (χ2v) is 6.36. The summed E-state index contributed by atoms with van der Waals surface area (Å²) in [6, 6.07) is 5.63. The Balaban J connectivity index is 2.23. The molecule has 1 unspecified atom stereocenters. The number of nitrogens with zero attached hydrogens (tertiary/aromatic N) is 1. The van der Waals surface area contributed by atoms with Crippen molar-refractivity contribution in [2.24, 2.45) is 0 Å². The molecule has 1 atom stereocenters. The van der Waals surface area contributed by atoms with Crippen LogP contribution in [-0.4, -0.2) is 23.6 Å². The van der Waals surface area contributed by atoms with Crippen LogP contribution in [0, 0.1) is 0 Å². The van der Waals surface area contributed by atoms with Crippen molar-refractivity contribution in [3.8, 4) is 0 Å².